The summed E-state index contributed by atoms with van der Waals surface area (Å²) in [5.41, 5.74) is 6.79. The number of ether oxygens (including phenoxy) is 1. The standard InChI is InChI=1S/C12H12ClFN4O/c1-7-6-18(12(15)17-7)16-5-8-3-4-9(19-2)11(14)10(8)13/h3-6H,1-2H3,(H2,15,17). The normalized spacial score (nSPS) is 11.2. The molecule has 0 unspecified atom stereocenters. The number of nitrogens with zero attached hydrogens (tertiary/aromatic N) is 3. The van der Waals surface area contributed by atoms with E-state index in [1.165, 1.54) is 24.1 Å². The molecule has 0 aliphatic heterocycles. The van der Waals surface area contributed by atoms with Crippen molar-refractivity contribution in [3.8, 4) is 5.75 Å². The largest absolute Gasteiger partial charge is 0.494 e. The molecule has 100 valence electrons. The van der Waals surface area contributed by atoms with Crippen LogP contribution in [0.1, 0.15) is 11.3 Å². The Bertz CT molecular complexity index is 639. The van der Waals surface area contributed by atoms with Crippen molar-refractivity contribution in [2.24, 2.45) is 5.10 Å². The van der Waals surface area contributed by atoms with Crippen molar-refractivity contribution in [2.75, 3.05) is 12.8 Å². The van der Waals surface area contributed by atoms with Crippen molar-refractivity contribution in [1.82, 2.24) is 9.66 Å². The lowest BCUT2D eigenvalue weighted by molar-refractivity contribution is 0.386. The molecule has 0 bridgehead atoms. The lowest BCUT2D eigenvalue weighted by atomic mass is 10.2. The zero-order valence-electron chi connectivity index (χ0n) is 10.4. The summed E-state index contributed by atoms with van der Waals surface area (Å²) in [4.78, 5) is 3.99. The van der Waals surface area contributed by atoms with E-state index < -0.39 is 5.82 Å². The molecule has 0 spiro atoms. The Morgan fingerprint density at radius 3 is 2.84 bits per heavy atom. The minimum absolute atomic E-state index is 0.0569. The number of anilines is 1. The van der Waals surface area contributed by atoms with Gasteiger partial charge in [-0.3, -0.25) is 0 Å². The highest BCUT2D eigenvalue weighted by Crippen LogP contribution is 2.27. The van der Waals surface area contributed by atoms with E-state index in [9.17, 15) is 4.39 Å². The minimum atomic E-state index is -0.622. The number of hydrogen-bond donors (Lipinski definition) is 1. The molecule has 19 heavy (non-hydrogen) atoms. The highest BCUT2D eigenvalue weighted by molar-refractivity contribution is 6.33. The molecule has 0 atom stereocenters. The number of nitrogens with two attached hydrogens (primary N) is 1. The number of halogens is 2. The molecule has 1 heterocycles. The fourth-order valence-corrected chi connectivity index (χ4v) is 1.73. The predicted octanol–water partition coefficient (Wildman–Crippen LogP) is 2.46. The first-order chi connectivity index (χ1) is 9.02. The van der Waals surface area contributed by atoms with Gasteiger partial charge in [-0.2, -0.15) is 5.10 Å². The Morgan fingerprint density at radius 1 is 1.53 bits per heavy atom. The maximum Gasteiger partial charge on any atom is 0.221 e. The van der Waals surface area contributed by atoms with Crippen LogP contribution in [-0.2, 0) is 0 Å². The zero-order chi connectivity index (χ0) is 14.0. The van der Waals surface area contributed by atoms with Crippen molar-refractivity contribution in [2.45, 2.75) is 6.92 Å². The maximum absolute atomic E-state index is 13.7. The summed E-state index contributed by atoms with van der Waals surface area (Å²) >= 11 is 5.89. The molecule has 5 nitrogen and oxygen atoms in total. The molecular formula is C12H12ClFN4O. The van der Waals surface area contributed by atoms with Crippen molar-refractivity contribution in [3.63, 3.8) is 0 Å². The molecule has 0 fully saturated rings. The molecule has 2 N–H and O–H groups in total. The smallest absolute Gasteiger partial charge is 0.221 e. The third-order valence-electron chi connectivity index (χ3n) is 2.45. The van der Waals surface area contributed by atoms with E-state index in [4.69, 9.17) is 22.1 Å². The molecular weight excluding hydrogens is 271 g/mol. The number of methoxy groups -OCH3 is 1. The van der Waals surface area contributed by atoms with Gasteiger partial charge in [0.05, 0.1) is 30.2 Å². The molecule has 1 aromatic heterocycles. The lowest BCUT2D eigenvalue weighted by Crippen LogP contribution is -1.98. The monoisotopic (exact) mass is 282 g/mol. The van der Waals surface area contributed by atoms with Crippen molar-refractivity contribution < 1.29 is 9.13 Å². The summed E-state index contributed by atoms with van der Waals surface area (Å²) in [5, 5.41) is 4.01. The van der Waals surface area contributed by atoms with Gasteiger partial charge < -0.3 is 10.5 Å². The first-order valence-corrected chi connectivity index (χ1v) is 5.78. The van der Waals surface area contributed by atoms with Gasteiger partial charge in [0.25, 0.3) is 0 Å². The Labute approximate surface area is 114 Å². The van der Waals surface area contributed by atoms with Gasteiger partial charge in [-0.05, 0) is 19.1 Å². The molecule has 0 amide bonds. The van der Waals surface area contributed by atoms with Crippen LogP contribution in [0.4, 0.5) is 10.3 Å². The topological polar surface area (TPSA) is 65.4 Å². The molecule has 0 saturated carbocycles. The van der Waals surface area contributed by atoms with Crippen molar-refractivity contribution in [1.29, 1.82) is 0 Å². The van der Waals surface area contributed by atoms with Crippen LogP contribution in [-0.4, -0.2) is 23.0 Å². The summed E-state index contributed by atoms with van der Waals surface area (Å²) in [5.74, 6) is -0.290. The number of aromatic nitrogens is 2. The van der Waals surface area contributed by atoms with Crippen molar-refractivity contribution in [3.05, 3.63) is 40.4 Å². The highest BCUT2D eigenvalue weighted by atomic mass is 35.5. The molecule has 1 aromatic carbocycles. The van der Waals surface area contributed by atoms with Crippen LogP contribution in [0.5, 0.6) is 5.75 Å². The van der Waals surface area contributed by atoms with Gasteiger partial charge in [0, 0.05) is 5.56 Å². The average Bonchev–Trinajstić information content (AvgIpc) is 2.70. The Kier molecular flexibility index (Phi) is 3.71. The van der Waals surface area contributed by atoms with Gasteiger partial charge in [-0.15, -0.1) is 0 Å². The fourth-order valence-electron chi connectivity index (χ4n) is 1.52. The Hall–Kier alpha value is -2.08. The zero-order valence-corrected chi connectivity index (χ0v) is 11.1. The van der Waals surface area contributed by atoms with Gasteiger partial charge in [0.1, 0.15) is 0 Å². The van der Waals surface area contributed by atoms with Gasteiger partial charge in [0.2, 0.25) is 5.95 Å². The Morgan fingerprint density at radius 2 is 2.26 bits per heavy atom. The van der Waals surface area contributed by atoms with Gasteiger partial charge >= 0.3 is 0 Å². The molecule has 0 aliphatic carbocycles. The first kappa shape index (κ1) is 13.4. The lowest BCUT2D eigenvalue weighted by Gasteiger charge is -2.05. The summed E-state index contributed by atoms with van der Waals surface area (Å²) in [6.45, 7) is 1.79. The average molecular weight is 283 g/mol. The van der Waals surface area contributed by atoms with E-state index in [0.29, 0.717) is 5.56 Å². The third-order valence-corrected chi connectivity index (χ3v) is 2.84. The minimum Gasteiger partial charge on any atom is -0.494 e. The quantitative estimate of drug-likeness (QED) is 0.880. The van der Waals surface area contributed by atoms with Gasteiger partial charge in [-0.1, -0.05) is 11.6 Å². The number of aryl methyl sites for hydroxylation is 1. The fraction of sp³-hybridized carbons (Fsp3) is 0.167. The van der Waals surface area contributed by atoms with E-state index in [2.05, 4.69) is 10.1 Å². The summed E-state index contributed by atoms with van der Waals surface area (Å²) in [7, 11) is 1.37. The van der Waals surface area contributed by atoms with Gasteiger partial charge in [-0.25, -0.2) is 14.1 Å². The van der Waals surface area contributed by atoms with E-state index in [0.717, 1.165) is 5.69 Å². The number of benzene rings is 1. The van der Waals surface area contributed by atoms with Gasteiger partial charge in [0.15, 0.2) is 11.6 Å². The predicted molar refractivity (Wildman–Crippen MR) is 72.3 cm³/mol. The number of imidazole rings is 1. The SMILES string of the molecule is COc1ccc(C=Nn2cc(C)nc2N)c(Cl)c1F. The molecule has 0 radical (unpaired) electrons. The summed E-state index contributed by atoms with van der Waals surface area (Å²) in [6, 6.07) is 3.08. The highest BCUT2D eigenvalue weighted by Gasteiger charge is 2.10. The van der Waals surface area contributed by atoms with E-state index in [-0.39, 0.29) is 16.7 Å². The number of nitrogen functional groups attached to an aromatic ring is 1. The second kappa shape index (κ2) is 5.27. The summed E-state index contributed by atoms with van der Waals surface area (Å²) in [6.07, 6.45) is 3.06. The van der Waals surface area contributed by atoms with Crippen LogP contribution in [0.2, 0.25) is 5.02 Å². The third kappa shape index (κ3) is 2.68. The van der Waals surface area contributed by atoms with Crippen LogP contribution < -0.4 is 10.5 Å². The number of hydrogen-bond acceptors (Lipinski definition) is 4. The van der Waals surface area contributed by atoms with Crippen LogP contribution in [0, 0.1) is 12.7 Å². The first-order valence-electron chi connectivity index (χ1n) is 5.40. The summed E-state index contributed by atoms with van der Waals surface area (Å²) < 4.78 is 19.9. The van der Waals surface area contributed by atoms with Crippen molar-refractivity contribution >= 4 is 23.8 Å². The van der Waals surface area contributed by atoms with Crippen LogP contribution in [0.15, 0.2) is 23.4 Å². The molecule has 2 rings (SSSR count). The van der Waals surface area contributed by atoms with Crippen LogP contribution in [0.25, 0.3) is 0 Å². The molecule has 2 aromatic rings. The second-order valence-corrected chi connectivity index (χ2v) is 4.19. The van der Waals surface area contributed by atoms with E-state index in [1.807, 2.05) is 0 Å². The molecule has 0 saturated heterocycles. The van der Waals surface area contributed by atoms with E-state index in [1.54, 1.807) is 19.2 Å². The van der Waals surface area contributed by atoms with Crippen LogP contribution in [0.3, 0.4) is 0 Å². The molecule has 0 aliphatic rings. The Balaban J connectivity index is 2.34. The number of rotatable bonds is 3. The maximum atomic E-state index is 13.7. The second-order valence-electron chi connectivity index (χ2n) is 3.81. The van der Waals surface area contributed by atoms with E-state index >= 15 is 0 Å². The molecule has 7 heteroatoms. The van der Waals surface area contributed by atoms with Crippen LogP contribution >= 0.6 is 11.6 Å².